The fourth-order valence-electron chi connectivity index (χ4n) is 8.95. The first-order valence-corrected chi connectivity index (χ1v) is 28.7. The molecule has 1 rings (SSSR count). The summed E-state index contributed by atoms with van der Waals surface area (Å²) in [7, 11) is -5.12. The fourth-order valence-corrected chi connectivity index (χ4v) is 9.92. The predicted molar refractivity (Wildman–Crippen MR) is 266 cm³/mol. The third-order valence-electron chi connectivity index (χ3n) is 13.4. The molecule has 0 aromatic rings. The molecule has 13 nitrogen and oxygen atoms in total. The Morgan fingerprint density at radius 1 is 0.515 bits per heavy atom. The van der Waals surface area contributed by atoms with Crippen molar-refractivity contribution in [3.63, 3.8) is 0 Å². The van der Waals surface area contributed by atoms with Crippen LogP contribution in [0.5, 0.6) is 0 Å². The van der Waals surface area contributed by atoms with Gasteiger partial charge in [-0.3, -0.25) is 13.8 Å². The monoisotopic (exact) mass is 964 g/mol. The summed E-state index contributed by atoms with van der Waals surface area (Å²) < 4.78 is 23.0. The van der Waals surface area contributed by atoms with Crippen LogP contribution >= 0.6 is 7.82 Å². The van der Waals surface area contributed by atoms with Crippen LogP contribution < -0.4 is 5.32 Å². The van der Waals surface area contributed by atoms with E-state index in [1.807, 2.05) is 0 Å². The second-order valence-corrected chi connectivity index (χ2v) is 21.0. The summed E-state index contributed by atoms with van der Waals surface area (Å²) in [6, 6.07) is -1.15. The van der Waals surface area contributed by atoms with Crippen molar-refractivity contribution in [1.82, 2.24) is 5.32 Å². The molecule has 1 aliphatic rings. The average Bonchev–Trinajstić information content (AvgIpc) is 3.29. The van der Waals surface area contributed by atoms with E-state index in [0.717, 1.165) is 70.6 Å². The molecule has 1 aliphatic carbocycles. The summed E-state index contributed by atoms with van der Waals surface area (Å²) in [6.07, 6.45) is 32.5. The largest absolute Gasteiger partial charge is 0.472 e. The van der Waals surface area contributed by atoms with Crippen molar-refractivity contribution >= 4 is 13.7 Å². The molecule has 1 amide bonds. The van der Waals surface area contributed by atoms with E-state index in [-0.39, 0.29) is 12.8 Å². The van der Waals surface area contributed by atoms with Gasteiger partial charge >= 0.3 is 7.82 Å². The Morgan fingerprint density at radius 2 is 0.848 bits per heavy atom. The van der Waals surface area contributed by atoms with Crippen LogP contribution in [0.25, 0.3) is 0 Å². The minimum absolute atomic E-state index is 0.224. The van der Waals surface area contributed by atoms with Crippen LogP contribution in [0.2, 0.25) is 0 Å². The standard InChI is InChI=1S/C52H102NO12P/c1-3-5-7-9-11-13-15-17-19-21-22-24-26-28-30-32-34-36-38-40-45(55)44(42-64-66(62,63)65-52-50(60)48(58)47(57)49(59)51(52)61)53-46(56)41-43(54)39-37-35-33-31-29-27-25-23-20-18-16-14-12-10-8-6-4-2/h23,25,43-45,47-52,54-55,57-61H,3-22,24,26-42H2,1-2H3,(H,53,56)(H,62,63)/b25-23-. The Morgan fingerprint density at radius 3 is 1.24 bits per heavy atom. The number of aliphatic hydroxyl groups is 7. The summed E-state index contributed by atoms with van der Waals surface area (Å²) in [5.74, 6) is -0.561. The number of rotatable bonds is 46. The van der Waals surface area contributed by atoms with Crippen molar-refractivity contribution in [2.45, 2.75) is 306 Å². The molecule has 0 aromatic carbocycles. The number of allylic oxidation sites excluding steroid dienone is 2. The first-order valence-electron chi connectivity index (χ1n) is 27.2. The van der Waals surface area contributed by atoms with Gasteiger partial charge in [-0.25, -0.2) is 4.57 Å². The number of unbranched alkanes of at least 4 members (excludes halogenated alkanes) is 31. The Bertz CT molecular complexity index is 1180. The van der Waals surface area contributed by atoms with Gasteiger partial charge in [-0.2, -0.15) is 0 Å². The van der Waals surface area contributed by atoms with Gasteiger partial charge in [0.25, 0.3) is 0 Å². The van der Waals surface area contributed by atoms with E-state index in [1.54, 1.807) is 0 Å². The van der Waals surface area contributed by atoms with Crippen LogP contribution in [0.3, 0.4) is 0 Å². The number of phosphoric ester groups is 1. The number of amides is 1. The molecule has 392 valence electrons. The molecule has 0 heterocycles. The van der Waals surface area contributed by atoms with Gasteiger partial charge in [0.15, 0.2) is 0 Å². The summed E-state index contributed by atoms with van der Waals surface area (Å²) in [5.41, 5.74) is 0. The van der Waals surface area contributed by atoms with Crippen LogP contribution in [0.1, 0.15) is 251 Å². The number of carbonyl (C=O) groups excluding carboxylic acids is 1. The Kier molecular flexibility index (Phi) is 39.9. The van der Waals surface area contributed by atoms with Gasteiger partial charge in [-0.15, -0.1) is 0 Å². The van der Waals surface area contributed by atoms with Crippen LogP contribution in [0.15, 0.2) is 12.2 Å². The zero-order valence-corrected chi connectivity index (χ0v) is 42.8. The first-order chi connectivity index (χ1) is 31.8. The van der Waals surface area contributed by atoms with E-state index >= 15 is 0 Å². The molecule has 14 heteroatoms. The summed E-state index contributed by atoms with van der Waals surface area (Å²) in [5, 5.41) is 74.9. The molecule has 0 saturated heterocycles. The van der Waals surface area contributed by atoms with Crippen molar-refractivity contribution in [2.24, 2.45) is 0 Å². The molecule has 0 aliphatic heterocycles. The third kappa shape index (κ3) is 32.8. The smallest absolute Gasteiger partial charge is 0.393 e. The molecule has 9 N–H and O–H groups in total. The Labute approximate surface area is 401 Å². The Hall–Kier alpha value is -0.960. The van der Waals surface area contributed by atoms with Crippen molar-refractivity contribution in [3.05, 3.63) is 12.2 Å². The number of carbonyl (C=O) groups is 1. The molecule has 1 saturated carbocycles. The number of phosphoric acid groups is 1. The van der Waals surface area contributed by atoms with Crippen LogP contribution in [-0.2, 0) is 18.4 Å². The van der Waals surface area contributed by atoms with Crippen LogP contribution in [0.4, 0.5) is 0 Å². The van der Waals surface area contributed by atoms with E-state index in [1.165, 1.54) is 141 Å². The van der Waals surface area contributed by atoms with Crippen molar-refractivity contribution in [1.29, 1.82) is 0 Å². The lowest BCUT2D eigenvalue weighted by atomic mass is 9.85. The second-order valence-electron chi connectivity index (χ2n) is 19.6. The maximum absolute atomic E-state index is 13.1. The van der Waals surface area contributed by atoms with Gasteiger partial charge in [0.2, 0.25) is 5.91 Å². The first kappa shape index (κ1) is 63.1. The summed E-state index contributed by atoms with van der Waals surface area (Å²) >= 11 is 0. The zero-order valence-electron chi connectivity index (χ0n) is 41.9. The van der Waals surface area contributed by atoms with Crippen molar-refractivity contribution < 1.29 is 59.0 Å². The van der Waals surface area contributed by atoms with Crippen molar-refractivity contribution in [2.75, 3.05) is 6.61 Å². The normalized spacial score (nSPS) is 22.4. The van der Waals surface area contributed by atoms with Gasteiger partial charge in [-0.05, 0) is 38.5 Å². The summed E-state index contributed by atoms with van der Waals surface area (Å²) in [6.45, 7) is 3.82. The SMILES string of the molecule is CCCCCCCCCC/C=C\CCCCCCCC(O)CC(=O)NC(COP(=O)(O)OC1C(O)C(O)C(O)C(O)C1O)C(O)CCCCCCCCCCCCCCCCCCCCC. The lowest BCUT2D eigenvalue weighted by molar-refractivity contribution is -0.220. The van der Waals surface area contributed by atoms with E-state index in [2.05, 4.69) is 31.3 Å². The third-order valence-corrected chi connectivity index (χ3v) is 14.4. The fraction of sp³-hybridized carbons (Fsp3) is 0.942. The van der Waals surface area contributed by atoms with Gasteiger partial charge in [0.1, 0.15) is 36.6 Å². The molecule has 8 atom stereocenters. The topological polar surface area (TPSA) is 226 Å². The highest BCUT2D eigenvalue weighted by molar-refractivity contribution is 7.47. The minimum Gasteiger partial charge on any atom is -0.393 e. The van der Waals surface area contributed by atoms with Gasteiger partial charge in [0.05, 0.1) is 31.3 Å². The molecule has 0 radical (unpaired) electrons. The molecule has 0 aromatic heterocycles. The quantitative estimate of drug-likeness (QED) is 0.0158. The molecule has 66 heavy (non-hydrogen) atoms. The van der Waals surface area contributed by atoms with E-state index in [9.17, 15) is 50.0 Å². The Balaban J connectivity index is 2.44. The number of hydrogen-bond donors (Lipinski definition) is 9. The molecular formula is C52H102NO12P. The second kappa shape index (κ2) is 41.8. The molecule has 1 fully saturated rings. The number of nitrogens with one attached hydrogen (secondary N) is 1. The molecule has 0 spiro atoms. The van der Waals surface area contributed by atoms with Gasteiger partial charge in [0, 0.05) is 0 Å². The van der Waals surface area contributed by atoms with E-state index in [0.29, 0.717) is 12.8 Å². The highest BCUT2D eigenvalue weighted by Gasteiger charge is 2.51. The van der Waals surface area contributed by atoms with Gasteiger partial charge in [-0.1, -0.05) is 219 Å². The highest BCUT2D eigenvalue weighted by Crippen LogP contribution is 2.47. The zero-order chi connectivity index (χ0) is 48.7. The maximum atomic E-state index is 13.1. The number of aliphatic hydroxyl groups excluding tert-OH is 7. The maximum Gasteiger partial charge on any atom is 0.472 e. The minimum atomic E-state index is -5.12. The molecule has 8 unspecified atom stereocenters. The average molecular weight is 964 g/mol. The van der Waals surface area contributed by atoms with Crippen molar-refractivity contribution in [3.8, 4) is 0 Å². The lowest BCUT2D eigenvalue weighted by Crippen LogP contribution is -2.64. The van der Waals surface area contributed by atoms with E-state index in [4.69, 9.17) is 9.05 Å². The van der Waals surface area contributed by atoms with Crippen LogP contribution in [-0.4, -0.2) is 108 Å². The van der Waals surface area contributed by atoms with Crippen LogP contribution in [0, 0.1) is 0 Å². The van der Waals surface area contributed by atoms with Gasteiger partial charge < -0.3 is 46.0 Å². The number of hydrogen-bond acceptors (Lipinski definition) is 11. The molecule has 0 bridgehead atoms. The summed E-state index contributed by atoms with van der Waals surface area (Å²) in [4.78, 5) is 23.6. The highest BCUT2D eigenvalue weighted by atomic mass is 31.2. The lowest BCUT2D eigenvalue weighted by Gasteiger charge is -2.41. The molecular weight excluding hydrogens is 862 g/mol. The predicted octanol–water partition coefficient (Wildman–Crippen LogP) is 10.5. The van der Waals surface area contributed by atoms with E-state index < -0.39 is 75.2 Å².